The van der Waals surface area contributed by atoms with E-state index in [1.165, 1.54) is 16.4 Å². The summed E-state index contributed by atoms with van der Waals surface area (Å²) in [6.07, 6.45) is 1.20. The first kappa shape index (κ1) is 18.5. The van der Waals surface area contributed by atoms with Crippen molar-refractivity contribution in [1.82, 2.24) is 4.31 Å². The number of aryl methyl sites for hydroxylation is 1. The zero-order valence-electron chi connectivity index (χ0n) is 14.5. The van der Waals surface area contributed by atoms with Gasteiger partial charge in [-0.05, 0) is 49.6 Å². The van der Waals surface area contributed by atoms with Gasteiger partial charge in [0.2, 0.25) is 15.9 Å². The van der Waals surface area contributed by atoms with Crippen LogP contribution in [0.15, 0.2) is 53.4 Å². The number of rotatable bonds is 4. The SMILES string of the molecule is Cc1ccc(F)cc1NC(=O)[C@@H]1CCCN(S(=O)(=O)c2ccccc2)C1. The van der Waals surface area contributed by atoms with E-state index >= 15 is 0 Å². The van der Waals surface area contributed by atoms with E-state index in [2.05, 4.69) is 5.32 Å². The first-order chi connectivity index (χ1) is 12.4. The molecule has 1 aliphatic heterocycles. The number of carbonyl (C=O) groups excluding carboxylic acids is 1. The van der Waals surface area contributed by atoms with Crippen LogP contribution in [-0.4, -0.2) is 31.7 Å². The average Bonchev–Trinajstić information content (AvgIpc) is 2.65. The molecular weight excluding hydrogens is 355 g/mol. The number of piperidine rings is 1. The fourth-order valence-corrected chi connectivity index (χ4v) is 4.62. The van der Waals surface area contributed by atoms with Gasteiger partial charge >= 0.3 is 0 Å². The highest BCUT2D eigenvalue weighted by Crippen LogP contribution is 2.25. The number of amides is 1. The molecule has 3 rings (SSSR count). The molecule has 0 radical (unpaired) electrons. The molecule has 0 spiro atoms. The van der Waals surface area contributed by atoms with Gasteiger partial charge in [-0.15, -0.1) is 0 Å². The van der Waals surface area contributed by atoms with Crippen LogP contribution in [0.4, 0.5) is 10.1 Å². The Morgan fingerprint density at radius 1 is 1.19 bits per heavy atom. The van der Waals surface area contributed by atoms with Crippen LogP contribution in [0.1, 0.15) is 18.4 Å². The first-order valence-electron chi connectivity index (χ1n) is 8.50. The predicted molar refractivity (Wildman–Crippen MR) is 97.7 cm³/mol. The Hall–Kier alpha value is -2.25. The largest absolute Gasteiger partial charge is 0.325 e. The topological polar surface area (TPSA) is 66.5 Å². The van der Waals surface area contributed by atoms with Crippen molar-refractivity contribution >= 4 is 21.6 Å². The summed E-state index contributed by atoms with van der Waals surface area (Å²) in [5.74, 6) is -1.18. The highest BCUT2D eigenvalue weighted by atomic mass is 32.2. The van der Waals surface area contributed by atoms with Gasteiger partial charge in [0, 0.05) is 18.8 Å². The number of hydrogen-bond donors (Lipinski definition) is 1. The van der Waals surface area contributed by atoms with E-state index in [4.69, 9.17) is 0 Å². The van der Waals surface area contributed by atoms with E-state index in [0.717, 1.165) is 5.56 Å². The van der Waals surface area contributed by atoms with Crippen molar-refractivity contribution in [3.63, 3.8) is 0 Å². The lowest BCUT2D eigenvalue weighted by atomic mass is 9.98. The van der Waals surface area contributed by atoms with Gasteiger partial charge in [0.05, 0.1) is 10.8 Å². The van der Waals surface area contributed by atoms with Crippen LogP contribution in [0.25, 0.3) is 0 Å². The Kier molecular flexibility index (Phi) is 5.38. The van der Waals surface area contributed by atoms with E-state index in [9.17, 15) is 17.6 Å². The van der Waals surface area contributed by atoms with Crippen molar-refractivity contribution in [1.29, 1.82) is 0 Å². The number of nitrogens with one attached hydrogen (secondary N) is 1. The summed E-state index contributed by atoms with van der Waals surface area (Å²) < 4.78 is 40.3. The van der Waals surface area contributed by atoms with Crippen LogP contribution < -0.4 is 5.32 Å². The molecule has 138 valence electrons. The molecule has 5 nitrogen and oxygen atoms in total. The second kappa shape index (κ2) is 7.55. The number of benzene rings is 2. The minimum absolute atomic E-state index is 0.122. The number of hydrogen-bond acceptors (Lipinski definition) is 3. The molecular formula is C19H21FN2O3S. The monoisotopic (exact) mass is 376 g/mol. The second-order valence-electron chi connectivity index (χ2n) is 6.46. The maximum atomic E-state index is 13.4. The molecule has 0 unspecified atom stereocenters. The Balaban J connectivity index is 1.74. The van der Waals surface area contributed by atoms with Crippen molar-refractivity contribution in [3.8, 4) is 0 Å². The molecule has 26 heavy (non-hydrogen) atoms. The first-order valence-corrected chi connectivity index (χ1v) is 9.94. The van der Waals surface area contributed by atoms with Crippen molar-refractivity contribution in [2.45, 2.75) is 24.7 Å². The minimum atomic E-state index is -3.62. The van der Waals surface area contributed by atoms with Gasteiger partial charge in [-0.3, -0.25) is 4.79 Å². The fraction of sp³-hybridized carbons (Fsp3) is 0.316. The maximum Gasteiger partial charge on any atom is 0.243 e. The Morgan fingerprint density at radius 3 is 2.65 bits per heavy atom. The van der Waals surface area contributed by atoms with Crippen LogP contribution in [0.3, 0.4) is 0 Å². The average molecular weight is 376 g/mol. The maximum absolute atomic E-state index is 13.4. The molecule has 1 saturated heterocycles. The van der Waals surface area contributed by atoms with E-state index in [1.807, 2.05) is 0 Å². The molecule has 0 aromatic heterocycles. The highest BCUT2D eigenvalue weighted by Gasteiger charge is 2.33. The van der Waals surface area contributed by atoms with Crippen LogP contribution in [-0.2, 0) is 14.8 Å². The molecule has 1 amide bonds. The number of nitrogens with zero attached hydrogens (tertiary/aromatic N) is 1. The van der Waals surface area contributed by atoms with Gasteiger partial charge in [-0.25, -0.2) is 12.8 Å². The molecule has 1 fully saturated rings. The summed E-state index contributed by atoms with van der Waals surface area (Å²) >= 11 is 0. The van der Waals surface area contributed by atoms with Gasteiger partial charge in [0.25, 0.3) is 0 Å². The van der Waals surface area contributed by atoms with Gasteiger partial charge in [0.15, 0.2) is 0 Å². The molecule has 0 aliphatic carbocycles. The third-order valence-electron chi connectivity index (χ3n) is 4.59. The summed E-state index contributed by atoms with van der Waals surface area (Å²) in [6, 6.07) is 12.4. The van der Waals surface area contributed by atoms with E-state index < -0.39 is 21.8 Å². The number of sulfonamides is 1. The molecule has 1 heterocycles. The predicted octanol–water partition coefficient (Wildman–Crippen LogP) is 3.17. The summed E-state index contributed by atoms with van der Waals surface area (Å²) in [5, 5.41) is 2.73. The smallest absolute Gasteiger partial charge is 0.243 e. The number of anilines is 1. The summed E-state index contributed by atoms with van der Waals surface area (Å²) in [4.78, 5) is 12.8. The van der Waals surface area contributed by atoms with Crippen LogP contribution in [0.5, 0.6) is 0 Å². The zero-order valence-corrected chi connectivity index (χ0v) is 15.3. The van der Waals surface area contributed by atoms with Gasteiger partial charge in [-0.2, -0.15) is 4.31 Å². The second-order valence-corrected chi connectivity index (χ2v) is 8.40. The lowest BCUT2D eigenvalue weighted by Crippen LogP contribution is -2.43. The summed E-state index contributed by atoms with van der Waals surface area (Å²) in [6.45, 7) is 2.29. The van der Waals surface area contributed by atoms with Crippen molar-refractivity contribution < 1.29 is 17.6 Å². The minimum Gasteiger partial charge on any atom is -0.325 e. The van der Waals surface area contributed by atoms with Crippen molar-refractivity contribution in [2.75, 3.05) is 18.4 Å². The van der Waals surface area contributed by atoms with E-state index in [0.29, 0.717) is 25.1 Å². The van der Waals surface area contributed by atoms with Crippen molar-refractivity contribution in [3.05, 3.63) is 59.9 Å². The van der Waals surface area contributed by atoms with Gasteiger partial charge in [-0.1, -0.05) is 24.3 Å². The van der Waals surface area contributed by atoms with Crippen LogP contribution >= 0.6 is 0 Å². The van der Waals surface area contributed by atoms with Crippen LogP contribution in [0.2, 0.25) is 0 Å². The normalized spacial score (nSPS) is 18.5. The molecule has 2 aromatic rings. The molecule has 1 aliphatic rings. The Labute approximate surface area is 152 Å². The number of halogens is 1. The summed E-state index contributed by atoms with van der Waals surface area (Å²) in [7, 11) is -3.62. The molecule has 0 saturated carbocycles. The van der Waals surface area contributed by atoms with Gasteiger partial charge < -0.3 is 5.32 Å². The quantitative estimate of drug-likeness (QED) is 0.891. The Morgan fingerprint density at radius 2 is 1.92 bits per heavy atom. The standard InChI is InChI=1S/C19H21FN2O3S/c1-14-9-10-16(20)12-18(14)21-19(23)15-6-5-11-22(13-15)26(24,25)17-7-3-2-4-8-17/h2-4,7-10,12,15H,5-6,11,13H2,1H3,(H,21,23)/t15-/m1/s1. The molecule has 1 N–H and O–H groups in total. The zero-order chi connectivity index (χ0) is 18.7. The third kappa shape index (κ3) is 3.94. The molecule has 1 atom stereocenters. The fourth-order valence-electron chi connectivity index (χ4n) is 3.08. The van der Waals surface area contributed by atoms with E-state index in [1.54, 1.807) is 43.3 Å². The molecule has 2 aromatic carbocycles. The third-order valence-corrected chi connectivity index (χ3v) is 6.47. The summed E-state index contributed by atoms with van der Waals surface area (Å²) in [5.41, 5.74) is 1.17. The molecule has 0 bridgehead atoms. The lowest BCUT2D eigenvalue weighted by Gasteiger charge is -2.31. The highest BCUT2D eigenvalue weighted by molar-refractivity contribution is 7.89. The number of carbonyl (C=O) groups is 1. The Bertz CT molecular complexity index is 900. The van der Waals surface area contributed by atoms with Gasteiger partial charge in [0.1, 0.15) is 5.82 Å². The van der Waals surface area contributed by atoms with E-state index in [-0.39, 0.29) is 17.3 Å². The lowest BCUT2D eigenvalue weighted by molar-refractivity contribution is -0.120. The van der Waals surface area contributed by atoms with Crippen molar-refractivity contribution in [2.24, 2.45) is 5.92 Å². The molecule has 7 heteroatoms. The van der Waals surface area contributed by atoms with Crippen LogP contribution in [0, 0.1) is 18.7 Å².